The monoisotopic (exact) mass is 461 g/mol. The van der Waals surface area contributed by atoms with Crippen molar-refractivity contribution in [2.75, 3.05) is 17.7 Å². The quantitative estimate of drug-likeness (QED) is 0.374. The van der Waals surface area contributed by atoms with Crippen molar-refractivity contribution in [2.24, 2.45) is 0 Å². The molecule has 158 valence electrons. The number of nitrogens with zero attached hydrogens (tertiary/aromatic N) is 2. The van der Waals surface area contributed by atoms with Crippen LogP contribution in [0, 0.1) is 20.8 Å². The summed E-state index contributed by atoms with van der Waals surface area (Å²) in [5.41, 5.74) is 6.23. The Bertz CT molecular complexity index is 1040. The summed E-state index contributed by atoms with van der Waals surface area (Å²) in [7, 11) is 0. The number of amides is 1. The second-order valence-electron chi connectivity index (χ2n) is 6.74. The summed E-state index contributed by atoms with van der Waals surface area (Å²) in [6, 6.07) is 4.28. The number of anilines is 1. The number of ether oxygens (including phenoxy) is 1. The molecule has 2 heterocycles. The molecule has 1 N–H and O–H groups in total. The third-order valence-electron chi connectivity index (χ3n) is 4.17. The van der Waals surface area contributed by atoms with Gasteiger partial charge in [0.25, 0.3) is 0 Å². The third-order valence-corrected chi connectivity index (χ3v) is 7.00. The van der Waals surface area contributed by atoms with Crippen LogP contribution in [0.25, 0.3) is 11.3 Å². The predicted molar refractivity (Wildman–Crippen MR) is 124 cm³/mol. The number of nitrogens with one attached hydrogen (secondary N) is 1. The Morgan fingerprint density at radius 3 is 2.53 bits per heavy atom. The maximum atomic E-state index is 12.3. The highest BCUT2D eigenvalue weighted by molar-refractivity contribution is 8.01. The van der Waals surface area contributed by atoms with E-state index in [4.69, 9.17) is 4.74 Å². The van der Waals surface area contributed by atoms with Crippen molar-refractivity contribution < 1.29 is 14.3 Å². The lowest BCUT2D eigenvalue weighted by atomic mass is 9.98. The van der Waals surface area contributed by atoms with Gasteiger partial charge in [0.15, 0.2) is 9.47 Å². The summed E-state index contributed by atoms with van der Waals surface area (Å²) in [5.74, 6) is -0.208. The Hall–Kier alpha value is -2.23. The van der Waals surface area contributed by atoms with E-state index in [0.717, 1.165) is 15.6 Å². The first kappa shape index (κ1) is 22.5. The van der Waals surface area contributed by atoms with Crippen LogP contribution in [0.15, 0.2) is 27.2 Å². The highest BCUT2D eigenvalue weighted by atomic mass is 32.2. The first-order chi connectivity index (χ1) is 14.4. The number of thioether (sulfide) groups is 1. The number of aromatic nitrogens is 2. The number of hydrogen-bond acceptors (Lipinski definition) is 8. The van der Waals surface area contributed by atoms with Crippen molar-refractivity contribution in [1.82, 2.24) is 9.97 Å². The topological polar surface area (TPSA) is 81.2 Å². The molecule has 6 nitrogen and oxygen atoms in total. The molecule has 9 heteroatoms. The molecular weight excluding hydrogens is 438 g/mol. The van der Waals surface area contributed by atoms with E-state index in [0.29, 0.717) is 17.4 Å². The average Bonchev–Trinajstić information content (AvgIpc) is 3.29. The van der Waals surface area contributed by atoms with E-state index in [9.17, 15) is 9.59 Å². The molecular formula is C21H23N3O3S3. The zero-order valence-electron chi connectivity index (χ0n) is 17.3. The van der Waals surface area contributed by atoms with Gasteiger partial charge >= 0.3 is 5.97 Å². The molecule has 1 amide bonds. The number of rotatable bonds is 8. The molecule has 0 aliphatic heterocycles. The Morgan fingerprint density at radius 1 is 1.10 bits per heavy atom. The van der Waals surface area contributed by atoms with Gasteiger partial charge in [-0.25, -0.2) is 9.97 Å². The van der Waals surface area contributed by atoms with Crippen LogP contribution in [0.4, 0.5) is 5.13 Å². The highest BCUT2D eigenvalue weighted by Gasteiger charge is 2.14. The number of hydrogen-bond donors (Lipinski definition) is 1. The van der Waals surface area contributed by atoms with E-state index in [-0.39, 0.29) is 24.1 Å². The third kappa shape index (κ3) is 5.90. The van der Waals surface area contributed by atoms with Gasteiger partial charge in [-0.2, -0.15) is 0 Å². The van der Waals surface area contributed by atoms with Gasteiger partial charge in [0.1, 0.15) is 0 Å². The van der Waals surface area contributed by atoms with Gasteiger partial charge in [0.05, 0.1) is 30.2 Å². The molecule has 3 aromatic rings. The van der Waals surface area contributed by atoms with E-state index in [1.54, 1.807) is 6.92 Å². The van der Waals surface area contributed by atoms with Crippen LogP contribution in [-0.4, -0.2) is 34.2 Å². The van der Waals surface area contributed by atoms with Gasteiger partial charge < -0.3 is 10.1 Å². The van der Waals surface area contributed by atoms with Crippen molar-refractivity contribution in [1.29, 1.82) is 0 Å². The molecule has 0 unspecified atom stereocenters. The van der Waals surface area contributed by atoms with E-state index in [2.05, 4.69) is 48.2 Å². The Balaban J connectivity index is 1.55. The fraction of sp³-hybridized carbons (Fsp3) is 0.333. The molecule has 0 saturated carbocycles. The summed E-state index contributed by atoms with van der Waals surface area (Å²) in [6.07, 6.45) is 0.150. The molecule has 0 aliphatic carbocycles. The molecule has 2 aromatic heterocycles. The lowest BCUT2D eigenvalue weighted by Crippen LogP contribution is -2.13. The van der Waals surface area contributed by atoms with Crippen LogP contribution < -0.4 is 5.32 Å². The Labute approximate surface area is 188 Å². The van der Waals surface area contributed by atoms with Crippen LogP contribution in [-0.2, 0) is 20.7 Å². The average molecular weight is 462 g/mol. The number of carbonyl (C=O) groups is 2. The minimum absolute atomic E-state index is 0.139. The zero-order chi connectivity index (χ0) is 21.7. The molecule has 0 fully saturated rings. The predicted octanol–water partition coefficient (Wildman–Crippen LogP) is 5.03. The van der Waals surface area contributed by atoms with Crippen LogP contribution >= 0.6 is 34.4 Å². The number of esters is 1. The summed E-state index contributed by atoms with van der Waals surface area (Å²) in [5, 5.41) is 7.22. The molecule has 3 rings (SSSR count). The first-order valence-electron chi connectivity index (χ1n) is 9.42. The molecule has 0 atom stereocenters. The second-order valence-corrected chi connectivity index (χ2v) is 9.67. The minimum atomic E-state index is -0.296. The van der Waals surface area contributed by atoms with Crippen LogP contribution in [0.5, 0.6) is 0 Å². The molecule has 0 bridgehead atoms. The van der Waals surface area contributed by atoms with Gasteiger partial charge in [-0.3, -0.25) is 9.59 Å². The fourth-order valence-electron chi connectivity index (χ4n) is 3.11. The van der Waals surface area contributed by atoms with Crippen LogP contribution in [0.1, 0.15) is 29.3 Å². The molecule has 0 spiro atoms. The maximum Gasteiger partial charge on any atom is 0.311 e. The van der Waals surface area contributed by atoms with E-state index in [1.807, 2.05) is 10.8 Å². The number of carbonyl (C=O) groups excluding carboxylic acids is 2. The summed E-state index contributed by atoms with van der Waals surface area (Å²) >= 11 is 4.17. The maximum absolute atomic E-state index is 12.3. The largest absolute Gasteiger partial charge is 0.466 e. The van der Waals surface area contributed by atoms with Gasteiger partial charge in [-0.1, -0.05) is 29.5 Å². The second kappa shape index (κ2) is 10.2. The molecule has 0 radical (unpaired) electrons. The molecule has 1 aromatic carbocycles. The molecule has 0 saturated heterocycles. The van der Waals surface area contributed by atoms with Crippen molar-refractivity contribution in [2.45, 2.75) is 38.5 Å². The molecule has 30 heavy (non-hydrogen) atoms. The standard InChI is InChI=1S/C21H23N3O3S3/c1-5-27-18(26)8-15-9-29-21(22-15)30-11-17(25)24-20-23-16(10-28-20)19-13(3)6-12(2)7-14(19)4/h6-7,9-10H,5,8,11H2,1-4H3,(H,23,24,25). The van der Waals surface area contributed by atoms with Crippen LogP contribution in [0.2, 0.25) is 0 Å². The van der Waals surface area contributed by atoms with Gasteiger partial charge in [-0.05, 0) is 38.8 Å². The summed E-state index contributed by atoms with van der Waals surface area (Å²) in [4.78, 5) is 32.8. The zero-order valence-corrected chi connectivity index (χ0v) is 19.7. The van der Waals surface area contributed by atoms with Crippen molar-refractivity contribution in [3.8, 4) is 11.3 Å². The van der Waals surface area contributed by atoms with E-state index < -0.39 is 0 Å². The number of benzene rings is 1. The van der Waals surface area contributed by atoms with E-state index in [1.165, 1.54) is 51.1 Å². The Kier molecular flexibility index (Phi) is 7.63. The van der Waals surface area contributed by atoms with Gasteiger partial charge in [0, 0.05) is 16.3 Å². The smallest absolute Gasteiger partial charge is 0.311 e. The van der Waals surface area contributed by atoms with Gasteiger partial charge in [0.2, 0.25) is 5.91 Å². The van der Waals surface area contributed by atoms with E-state index >= 15 is 0 Å². The Morgan fingerprint density at radius 2 is 1.83 bits per heavy atom. The lowest BCUT2D eigenvalue weighted by molar-refractivity contribution is -0.142. The number of aryl methyl sites for hydroxylation is 3. The number of thiazole rings is 2. The van der Waals surface area contributed by atoms with Gasteiger partial charge in [-0.15, -0.1) is 22.7 Å². The van der Waals surface area contributed by atoms with Crippen molar-refractivity contribution in [3.05, 3.63) is 45.3 Å². The summed E-state index contributed by atoms with van der Waals surface area (Å²) in [6.45, 7) is 8.36. The fourth-order valence-corrected chi connectivity index (χ4v) is 5.47. The highest BCUT2D eigenvalue weighted by Crippen LogP contribution is 2.31. The minimum Gasteiger partial charge on any atom is -0.466 e. The first-order valence-corrected chi connectivity index (χ1v) is 12.2. The van der Waals surface area contributed by atoms with Crippen molar-refractivity contribution >= 4 is 51.4 Å². The lowest BCUT2D eigenvalue weighted by Gasteiger charge is -2.08. The molecule has 0 aliphatic rings. The van der Waals surface area contributed by atoms with Crippen LogP contribution in [0.3, 0.4) is 0 Å². The SMILES string of the molecule is CCOC(=O)Cc1csc(SCC(=O)Nc2nc(-c3c(C)cc(C)cc3C)cs2)n1. The van der Waals surface area contributed by atoms with Crippen molar-refractivity contribution in [3.63, 3.8) is 0 Å². The summed E-state index contributed by atoms with van der Waals surface area (Å²) < 4.78 is 5.67. The normalized spacial score (nSPS) is 10.8.